The molecule has 1 saturated heterocycles. The van der Waals surface area contributed by atoms with Gasteiger partial charge in [-0.1, -0.05) is 18.2 Å². The van der Waals surface area contributed by atoms with Crippen LogP contribution < -0.4 is 19.7 Å². The Balaban J connectivity index is 1.26. The average Bonchev–Trinajstić information content (AvgIpc) is 3.14. The van der Waals surface area contributed by atoms with E-state index in [1.165, 1.54) is 16.7 Å². The quantitative estimate of drug-likeness (QED) is 0.443. The third kappa shape index (κ3) is 5.77. The van der Waals surface area contributed by atoms with Gasteiger partial charge in [0, 0.05) is 12.1 Å². The van der Waals surface area contributed by atoms with E-state index in [-0.39, 0.29) is 29.9 Å². The number of carbonyl (C=O) groups is 3. The summed E-state index contributed by atoms with van der Waals surface area (Å²) in [4.78, 5) is 38.5. The predicted octanol–water partition coefficient (Wildman–Crippen LogP) is 4.88. The number of imide groups is 1. The molecule has 1 heterocycles. The maximum Gasteiger partial charge on any atom is 0.247 e. The van der Waals surface area contributed by atoms with Gasteiger partial charge in [0.25, 0.3) is 0 Å². The first kappa shape index (κ1) is 23.4. The molecule has 1 aliphatic heterocycles. The fourth-order valence-electron chi connectivity index (χ4n) is 3.47. The monoisotopic (exact) mass is 476 g/mol. The number of benzene rings is 3. The Kier molecular flexibility index (Phi) is 7.49. The Hall–Kier alpha value is -3.78. The van der Waals surface area contributed by atoms with Crippen molar-refractivity contribution in [2.45, 2.75) is 18.6 Å². The third-order valence-electron chi connectivity index (χ3n) is 5.04. The van der Waals surface area contributed by atoms with Crippen LogP contribution in [0.25, 0.3) is 0 Å². The van der Waals surface area contributed by atoms with Gasteiger partial charge in [-0.2, -0.15) is 0 Å². The molecule has 0 aliphatic carbocycles. The van der Waals surface area contributed by atoms with Crippen LogP contribution in [0.2, 0.25) is 0 Å². The third-order valence-corrected chi connectivity index (χ3v) is 6.24. The van der Waals surface area contributed by atoms with Crippen LogP contribution in [0.15, 0.2) is 78.9 Å². The molecule has 0 unspecified atom stereocenters. The van der Waals surface area contributed by atoms with E-state index in [1.54, 1.807) is 48.5 Å². The highest BCUT2D eigenvalue weighted by Crippen LogP contribution is 2.30. The van der Waals surface area contributed by atoms with Gasteiger partial charge >= 0.3 is 0 Å². The van der Waals surface area contributed by atoms with Crippen LogP contribution in [0.1, 0.15) is 13.3 Å². The van der Waals surface area contributed by atoms with Crippen molar-refractivity contribution in [3.8, 4) is 17.2 Å². The highest BCUT2D eigenvalue weighted by Gasteiger charge is 2.39. The molecule has 0 spiro atoms. The van der Waals surface area contributed by atoms with Crippen LogP contribution in [-0.4, -0.2) is 35.3 Å². The van der Waals surface area contributed by atoms with Gasteiger partial charge in [0.1, 0.15) is 17.2 Å². The Bertz CT molecular complexity index is 1150. The first-order valence-corrected chi connectivity index (χ1v) is 11.9. The van der Waals surface area contributed by atoms with E-state index < -0.39 is 5.25 Å². The molecule has 0 radical (unpaired) electrons. The zero-order valence-corrected chi connectivity index (χ0v) is 19.4. The van der Waals surface area contributed by atoms with Crippen molar-refractivity contribution in [3.05, 3.63) is 78.9 Å². The number of hydrogen-bond acceptors (Lipinski definition) is 6. The second-order valence-electron chi connectivity index (χ2n) is 7.49. The lowest BCUT2D eigenvalue weighted by molar-refractivity contribution is -0.121. The second-order valence-corrected chi connectivity index (χ2v) is 8.68. The summed E-state index contributed by atoms with van der Waals surface area (Å²) < 4.78 is 11.2. The zero-order chi connectivity index (χ0) is 23.9. The molecule has 174 valence electrons. The number of anilines is 2. The summed E-state index contributed by atoms with van der Waals surface area (Å²) in [6.07, 6.45) is 0.0866. The van der Waals surface area contributed by atoms with Gasteiger partial charge < -0.3 is 14.8 Å². The largest absolute Gasteiger partial charge is 0.494 e. The molecule has 0 bridgehead atoms. The van der Waals surface area contributed by atoms with Crippen molar-refractivity contribution in [2.75, 3.05) is 22.6 Å². The van der Waals surface area contributed by atoms with Gasteiger partial charge in [-0.15, -0.1) is 11.8 Å². The molecular formula is C26H24N2O5S. The molecule has 8 heteroatoms. The summed E-state index contributed by atoms with van der Waals surface area (Å²) in [5.74, 6) is 1.37. The molecular weight excluding hydrogens is 452 g/mol. The summed E-state index contributed by atoms with van der Waals surface area (Å²) >= 11 is 1.17. The number of carbonyl (C=O) groups excluding carboxylic acids is 3. The van der Waals surface area contributed by atoms with E-state index in [0.29, 0.717) is 29.5 Å². The van der Waals surface area contributed by atoms with Crippen molar-refractivity contribution in [3.63, 3.8) is 0 Å². The van der Waals surface area contributed by atoms with Gasteiger partial charge in [-0.05, 0) is 67.6 Å². The van der Waals surface area contributed by atoms with Crippen LogP contribution in [0.5, 0.6) is 17.2 Å². The maximum absolute atomic E-state index is 12.7. The molecule has 3 aromatic rings. The summed E-state index contributed by atoms with van der Waals surface area (Å²) in [7, 11) is 0. The van der Waals surface area contributed by atoms with Gasteiger partial charge in [0.05, 0.1) is 23.3 Å². The molecule has 7 nitrogen and oxygen atoms in total. The SMILES string of the molecule is CCOc1ccc(Oc2ccc(NC(=O)CS[C@H]3CC(=O)N(c4ccccc4)C3=O)cc2)cc1. The van der Waals surface area contributed by atoms with Crippen LogP contribution >= 0.6 is 11.8 Å². The number of nitrogens with one attached hydrogen (secondary N) is 1. The van der Waals surface area contributed by atoms with E-state index in [0.717, 1.165) is 5.75 Å². The number of rotatable bonds is 9. The molecule has 1 N–H and O–H groups in total. The van der Waals surface area contributed by atoms with Crippen LogP contribution in [0, 0.1) is 0 Å². The lowest BCUT2D eigenvalue weighted by Gasteiger charge is -2.14. The summed E-state index contributed by atoms with van der Waals surface area (Å²) in [6.45, 7) is 2.53. The Labute approximate surface area is 202 Å². The number of nitrogens with zero attached hydrogens (tertiary/aromatic N) is 1. The standard InChI is InChI=1S/C26H24N2O5S/c1-2-32-20-12-14-22(15-13-20)33-21-10-8-18(9-11-21)27-24(29)17-34-23-16-25(30)28(26(23)31)19-6-4-3-5-7-19/h3-15,23H,2,16-17H2,1H3,(H,27,29)/t23-/m0/s1. The number of hydrogen-bond donors (Lipinski definition) is 1. The Morgan fingerprint density at radius 3 is 2.21 bits per heavy atom. The molecule has 3 aromatic carbocycles. The lowest BCUT2D eigenvalue weighted by Crippen LogP contribution is -2.31. The predicted molar refractivity (Wildman–Crippen MR) is 133 cm³/mol. The van der Waals surface area contributed by atoms with Crippen LogP contribution in [-0.2, 0) is 14.4 Å². The van der Waals surface area contributed by atoms with E-state index in [9.17, 15) is 14.4 Å². The molecule has 4 rings (SSSR count). The van der Waals surface area contributed by atoms with Gasteiger partial charge in [0.15, 0.2) is 0 Å². The molecule has 34 heavy (non-hydrogen) atoms. The highest BCUT2D eigenvalue weighted by atomic mass is 32.2. The molecule has 3 amide bonds. The fraction of sp³-hybridized carbons (Fsp3) is 0.192. The topological polar surface area (TPSA) is 84.9 Å². The number of ether oxygens (including phenoxy) is 2. The first-order valence-electron chi connectivity index (χ1n) is 10.9. The molecule has 0 saturated carbocycles. The maximum atomic E-state index is 12.7. The number of thioether (sulfide) groups is 1. The average molecular weight is 477 g/mol. The first-order chi connectivity index (χ1) is 16.5. The second kappa shape index (κ2) is 10.9. The normalized spacial score (nSPS) is 15.3. The van der Waals surface area contributed by atoms with E-state index in [4.69, 9.17) is 9.47 Å². The fourth-order valence-corrected chi connectivity index (χ4v) is 4.40. The summed E-state index contributed by atoms with van der Waals surface area (Å²) in [5.41, 5.74) is 1.17. The minimum atomic E-state index is -0.566. The molecule has 1 aliphatic rings. The molecule has 1 fully saturated rings. The summed E-state index contributed by atoms with van der Waals surface area (Å²) in [6, 6.07) is 23.2. The van der Waals surface area contributed by atoms with Crippen LogP contribution in [0.4, 0.5) is 11.4 Å². The van der Waals surface area contributed by atoms with Gasteiger partial charge in [-0.3, -0.25) is 14.4 Å². The lowest BCUT2D eigenvalue weighted by atomic mass is 10.3. The number of amides is 3. The van der Waals surface area contributed by atoms with Crippen molar-refractivity contribution >= 4 is 40.9 Å². The van der Waals surface area contributed by atoms with Gasteiger partial charge in [0.2, 0.25) is 17.7 Å². The van der Waals surface area contributed by atoms with E-state index in [1.807, 2.05) is 37.3 Å². The minimum absolute atomic E-state index is 0.0662. The van der Waals surface area contributed by atoms with Crippen LogP contribution in [0.3, 0.4) is 0 Å². The Morgan fingerprint density at radius 2 is 1.56 bits per heavy atom. The highest BCUT2D eigenvalue weighted by molar-refractivity contribution is 8.01. The van der Waals surface area contributed by atoms with E-state index >= 15 is 0 Å². The summed E-state index contributed by atoms with van der Waals surface area (Å²) in [5, 5.41) is 2.24. The van der Waals surface area contributed by atoms with Crippen molar-refractivity contribution in [2.24, 2.45) is 0 Å². The molecule has 0 aromatic heterocycles. The van der Waals surface area contributed by atoms with Gasteiger partial charge in [-0.25, -0.2) is 4.90 Å². The Morgan fingerprint density at radius 1 is 0.941 bits per heavy atom. The van der Waals surface area contributed by atoms with Crippen molar-refractivity contribution < 1.29 is 23.9 Å². The van der Waals surface area contributed by atoms with E-state index in [2.05, 4.69) is 5.32 Å². The smallest absolute Gasteiger partial charge is 0.247 e. The van der Waals surface area contributed by atoms with Crippen molar-refractivity contribution in [1.82, 2.24) is 0 Å². The minimum Gasteiger partial charge on any atom is -0.494 e. The van der Waals surface area contributed by atoms with Crippen molar-refractivity contribution in [1.29, 1.82) is 0 Å². The number of para-hydroxylation sites is 1. The zero-order valence-electron chi connectivity index (χ0n) is 18.6. The molecule has 1 atom stereocenters.